The van der Waals surface area contributed by atoms with Crippen LogP contribution in [0.15, 0.2) is 24.4 Å². The van der Waals surface area contributed by atoms with Gasteiger partial charge in [0.05, 0.1) is 11.2 Å². The van der Waals surface area contributed by atoms with Crippen molar-refractivity contribution in [2.24, 2.45) is 0 Å². The van der Waals surface area contributed by atoms with E-state index in [9.17, 15) is 4.79 Å². The zero-order valence-corrected chi connectivity index (χ0v) is 11.7. The molecule has 0 bridgehead atoms. The van der Waals surface area contributed by atoms with Crippen molar-refractivity contribution in [3.63, 3.8) is 0 Å². The number of aromatic nitrogens is 1. The van der Waals surface area contributed by atoms with E-state index in [4.69, 9.17) is 0 Å². The third-order valence-corrected chi connectivity index (χ3v) is 4.58. The Hall–Kier alpha value is -1.68. The van der Waals surface area contributed by atoms with Gasteiger partial charge in [0, 0.05) is 5.69 Å². The van der Waals surface area contributed by atoms with Crippen molar-refractivity contribution in [2.75, 3.05) is 5.32 Å². The summed E-state index contributed by atoms with van der Waals surface area (Å²) in [6.45, 7) is 2.04. The van der Waals surface area contributed by atoms with Crippen LogP contribution in [0.5, 0.6) is 0 Å². The zero-order valence-electron chi connectivity index (χ0n) is 10.9. The van der Waals surface area contributed by atoms with Crippen LogP contribution in [0.4, 0.5) is 5.69 Å². The van der Waals surface area contributed by atoms with E-state index >= 15 is 0 Å². The Kier molecular flexibility index (Phi) is 3.34. The molecular weight excluding hydrogens is 256 g/mol. The number of aryl methyl sites for hydroxylation is 3. The van der Waals surface area contributed by atoms with Crippen LogP contribution in [0, 0.1) is 0 Å². The van der Waals surface area contributed by atoms with Gasteiger partial charge in [0.2, 0.25) is 0 Å². The molecule has 1 aromatic carbocycles. The molecule has 1 aliphatic carbocycles. The fourth-order valence-corrected chi connectivity index (χ4v) is 3.17. The van der Waals surface area contributed by atoms with Crippen molar-refractivity contribution in [3.8, 4) is 0 Å². The maximum Gasteiger partial charge on any atom is 0.267 e. The lowest BCUT2D eigenvalue weighted by Gasteiger charge is -2.06. The lowest BCUT2D eigenvalue weighted by Crippen LogP contribution is -2.10. The number of fused-ring (bicyclic) bond motifs is 1. The molecule has 98 valence electrons. The number of rotatable bonds is 3. The molecule has 1 aromatic heterocycles. The van der Waals surface area contributed by atoms with Crippen molar-refractivity contribution >= 4 is 22.9 Å². The summed E-state index contributed by atoms with van der Waals surface area (Å²) < 4.78 is 0. The molecule has 1 amide bonds. The van der Waals surface area contributed by atoms with E-state index in [-0.39, 0.29) is 5.91 Å². The lowest BCUT2D eigenvalue weighted by molar-refractivity contribution is 0.103. The lowest BCUT2D eigenvalue weighted by atomic mass is 10.1. The van der Waals surface area contributed by atoms with E-state index in [1.165, 1.54) is 28.9 Å². The predicted octanol–water partition coefficient (Wildman–Crippen LogP) is 3.45. The molecular formula is C15H16N2OS. The molecule has 1 aliphatic rings. The first-order valence-corrected chi connectivity index (χ1v) is 7.46. The largest absolute Gasteiger partial charge is 0.321 e. The fraction of sp³-hybridized carbons (Fsp3) is 0.333. The average molecular weight is 272 g/mol. The van der Waals surface area contributed by atoms with E-state index in [0.29, 0.717) is 4.88 Å². The summed E-state index contributed by atoms with van der Waals surface area (Å²) >= 11 is 1.46. The maximum absolute atomic E-state index is 12.1. The number of nitrogens with zero attached hydrogens (tertiary/aromatic N) is 1. The van der Waals surface area contributed by atoms with Crippen molar-refractivity contribution in [1.29, 1.82) is 0 Å². The van der Waals surface area contributed by atoms with Crippen LogP contribution >= 0.6 is 11.3 Å². The Labute approximate surface area is 116 Å². The molecule has 0 spiro atoms. The number of thiazole rings is 1. The number of carbonyl (C=O) groups is 1. The van der Waals surface area contributed by atoms with Gasteiger partial charge in [0.1, 0.15) is 4.88 Å². The van der Waals surface area contributed by atoms with Crippen molar-refractivity contribution < 1.29 is 4.79 Å². The third kappa shape index (κ3) is 2.54. The summed E-state index contributed by atoms with van der Waals surface area (Å²) in [6, 6.07) is 6.22. The summed E-state index contributed by atoms with van der Waals surface area (Å²) in [7, 11) is 0. The second-order valence-electron chi connectivity index (χ2n) is 4.76. The molecule has 3 nitrogen and oxygen atoms in total. The van der Waals surface area contributed by atoms with Crippen LogP contribution in [-0.2, 0) is 19.3 Å². The summed E-state index contributed by atoms with van der Waals surface area (Å²) in [5, 5.41) is 3.96. The standard InChI is InChI=1S/C15H16N2OS/c1-2-14-16-9-13(19-14)15(18)17-12-7-6-10-4-3-5-11(10)8-12/h6-9H,2-5H2,1H3,(H,17,18). The molecule has 0 fully saturated rings. The topological polar surface area (TPSA) is 42.0 Å². The van der Waals surface area contributed by atoms with E-state index in [2.05, 4.69) is 22.4 Å². The molecule has 0 aliphatic heterocycles. The SMILES string of the molecule is CCc1ncc(C(=O)Nc2ccc3c(c2)CCC3)s1. The van der Waals surface area contributed by atoms with Gasteiger partial charge < -0.3 is 5.32 Å². The van der Waals surface area contributed by atoms with Crippen LogP contribution in [0.3, 0.4) is 0 Å². The molecule has 1 N–H and O–H groups in total. The Morgan fingerprint density at radius 3 is 3.00 bits per heavy atom. The monoisotopic (exact) mass is 272 g/mol. The van der Waals surface area contributed by atoms with E-state index in [0.717, 1.165) is 30.0 Å². The molecule has 0 atom stereocenters. The number of hydrogen-bond donors (Lipinski definition) is 1. The number of nitrogens with one attached hydrogen (secondary N) is 1. The average Bonchev–Trinajstić information content (AvgIpc) is 3.06. The third-order valence-electron chi connectivity index (χ3n) is 3.44. The molecule has 3 rings (SSSR count). The molecule has 0 unspecified atom stereocenters. The minimum atomic E-state index is -0.0600. The number of hydrogen-bond acceptors (Lipinski definition) is 3. The van der Waals surface area contributed by atoms with E-state index < -0.39 is 0 Å². The van der Waals surface area contributed by atoms with Crippen LogP contribution in [-0.4, -0.2) is 10.9 Å². The van der Waals surface area contributed by atoms with Crippen LogP contribution in [0.25, 0.3) is 0 Å². The summed E-state index contributed by atoms with van der Waals surface area (Å²) in [5.74, 6) is -0.0600. The number of anilines is 1. The molecule has 0 saturated heterocycles. The molecule has 2 aromatic rings. The number of carbonyl (C=O) groups excluding carboxylic acids is 1. The summed E-state index contributed by atoms with van der Waals surface area (Å²) in [6.07, 6.45) is 6.04. The van der Waals surface area contributed by atoms with Gasteiger partial charge in [-0.15, -0.1) is 11.3 Å². The van der Waals surface area contributed by atoms with Gasteiger partial charge in [0.15, 0.2) is 0 Å². The molecule has 0 saturated carbocycles. The highest BCUT2D eigenvalue weighted by molar-refractivity contribution is 7.13. The fourth-order valence-electron chi connectivity index (χ4n) is 2.42. The summed E-state index contributed by atoms with van der Waals surface area (Å²) in [5.41, 5.74) is 3.68. The van der Waals surface area contributed by atoms with Gasteiger partial charge in [-0.25, -0.2) is 4.98 Å². The number of amides is 1. The van der Waals surface area contributed by atoms with Crippen LogP contribution in [0.1, 0.15) is 39.2 Å². The van der Waals surface area contributed by atoms with E-state index in [1.807, 2.05) is 13.0 Å². The van der Waals surface area contributed by atoms with Gasteiger partial charge in [-0.2, -0.15) is 0 Å². The van der Waals surface area contributed by atoms with Crippen LogP contribution in [0.2, 0.25) is 0 Å². The quantitative estimate of drug-likeness (QED) is 0.930. The Morgan fingerprint density at radius 1 is 1.37 bits per heavy atom. The normalized spacial score (nSPS) is 13.3. The second kappa shape index (κ2) is 5.13. The van der Waals surface area contributed by atoms with Gasteiger partial charge in [-0.05, 0) is 48.9 Å². The zero-order chi connectivity index (χ0) is 13.2. The maximum atomic E-state index is 12.1. The minimum absolute atomic E-state index is 0.0600. The molecule has 1 heterocycles. The first-order valence-electron chi connectivity index (χ1n) is 6.64. The van der Waals surface area contributed by atoms with E-state index in [1.54, 1.807) is 6.20 Å². The Bertz CT molecular complexity index is 618. The second-order valence-corrected chi connectivity index (χ2v) is 5.88. The molecule has 19 heavy (non-hydrogen) atoms. The van der Waals surface area contributed by atoms with Crippen molar-refractivity contribution in [1.82, 2.24) is 4.98 Å². The molecule has 0 radical (unpaired) electrons. The Morgan fingerprint density at radius 2 is 2.21 bits per heavy atom. The van der Waals surface area contributed by atoms with Gasteiger partial charge >= 0.3 is 0 Å². The smallest absolute Gasteiger partial charge is 0.267 e. The van der Waals surface area contributed by atoms with Crippen molar-refractivity contribution in [2.45, 2.75) is 32.6 Å². The summed E-state index contributed by atoms with van der Waals surface area (Å²) in [4.78, 5) is 17.0. The Balaban J connectivity index is 1.75. The highest BCUT2D eigenvalue weighted by Gasteiger charge is 2.13. The highest BCUT2D eigenvalue weighted by Crippen LogP contribution is 2.25. The predicted molar refractivity (Wildman–Crippen MR) is 77.9 cm³/mol. The minimum Gasteiger partial charge on any atom is -0.321 e. The van der Waals surface area contributed by atoms with Crippen molar-refractivity contribution in [3.05, 3.63) is 45.4 Å². The first kappa shape index (κ1) is 12.4. The first-order chi connectivity index (χ1) is 9.26. The van der Waals surface area contributed by atoms with Gasteiger partial charge in [-0.3, -0.25) is 4.79 Å². The van der Waals surface area contributed by atoms with Crippen LogP contribution < -0.4 is 5.32 Å². The van der Waals surface area contributed by atoms with Gasteiger partial charge in [-0.1, -0.05) is 13.0 Å². The number of benzene rings is 1. The highest BCUT2D eigenvalue weighted by atomic mass is 32.1. The molecule has 4 heteroatoms. The van der Waals surface area contributed by atoms with Gasteiger partial charge in [0.25, 0.3) is 5.91 Å².